The highest BCUT2D eigenvalue weighted by atomic mass is 35.5. The predicted molar refractivity (Wildman–Crippen MR) is 86.1 cm³/mol. The minimum atomic E-state index is -3.06. The molecule has 1 aliphatic rings. The number of halogens is 1. The van der Waals surface area contributed by atoms with Crippen molar-refractivity contribution in [3.8, 4) is 5.75 Å². The highest BCUT2D eigenvalue weighted by molar-refractivity contribution is 7.91. The van der Waals surface area contributed by atoms with Crippen LogP contribution in [0, 0.1) is 6.92 Å². The van der Waals surface area contributed by atoms with Gasteiger partial charge < -0.3 is 9.64 Å². The van der Waals surface area contributed by atoms with Crippen LogP contribution in [0.4, 0.5) is 0 Å². The molecule has 1 aromatic rings. The van der Waals surface area contributed by atoms with Gasteiger partial charge in [0.2, 0.25) is 0 Å². The molecule has 0 radical (unpaired) electrons. The third-order valence-electron chi connectivity index (χ3n) is 3.69. The lowest BCUT2D eigenvalue weighted by molar-refractivity contribution is -0.134. The molecule has 0 saturated carbocycles. The second kappa shape index (κ2) is 6.87. The van der Waals surface area contributed by atoms with E-state index < -0.39 is 9.84 Å². The number of amides is 1. The number of sulfone groups is 1. The smallest absolute Gasteiger partial charge is 0.260 e. The summed E-state index contributed by atoms with van der Waals surface area (Å²) in [4.78, 5) is 13.9. The summed E-state index contributed by atoms with van der Waals surface area (Å²) in [6, 6.07) is 4.87. The molecule has 1 amide bonds. The fourth-order valence-electron chi connectivity index (χ4n) is 2.52. The van der Waals surface area contributed by atoms with Gasteiger partial charge in [0.1, 0.15) is 5.75 Å². The molecular weight excluding hydrogens is 326 g/mol. The van der Waals surface area contributed by atoms with Gasteiger partial charge in [-0.05, 0) is 44.0 Å². The summed E-state index contributed by atoms with van der Waals surface area (Å²) in [6.07, 6.45) is 0.471. The molecule has 1 saturated heterocycles. The van der Waals surface area contributed by atoms with Crippen molar-refractivity contribution in [2.75, 3.05) is 24.7 Å². The average molecular weight is 346 g/mol. The summed E-state index contributed by atoms with van der Waals surface area (Å²) in [6.45, 7) is 3.96. The Bertz CT molecular complexity index is 660. The van der Waals surface area contributed by atoms with Crippen LogP contribution >= 0.6 is 11.6 Å². The van der Waals surface area contributed by atoms with Crippen molar-refractivity contribution in [2.24, 2.45) is 0 Å². The second-order valence-electron chi connectivity index (χ2n) is 5.60. The molecule has 1 atom stereocenters. The number of hydrogen-bond donors (Lipinski definition) is 0. The lowest BCUT2D eigenvalue weighted by atomic mass is 10.2. The highest BCUT2D eigenvalue weighted by Crippen LogP contribution is 2.21. The summed E-state index contributed by atoms with van der Waals surface area (Å²) in [5.74, 6) is 0.527. The Kier molecular flexibility index (Phi) is 5.34. The second-order valence-corrected chi connectivity index (χ2v) is 8.24. The van der Waals surface area contributed by atoms with Crippen LogP contribution < -0.4 is 4.74 Å². The number of hydrogen-bond acceptors (Lipinski definition) is 4. The normalized spacial score (nSPS) is 21.2. The van der Waals surface area contributed by atoms with E-state index in [1.165, 1.54) is 0 Å². The van der Waals surface area contributed by atoms with Crippen LogP contribution in [0.1, 0.15) is 18.9 Å². The molecule has 22 heavy (non-hydrogen) atoms. The molecule has 0 N–H and O–H groups in total. The monoisotopic (exact) mass is 345 g/mol. The van der Waals surface area contributed by atoms with Crippen LogP contribution in [0.25, 0.3) is 0 Å². The topological polar surface area (TPSA) is 63.7 Å². The van der Waals surface area contributed by atoms with Crippen molar-refractivity contribution in [3.05, 3.63) is 28.8 Å². The first-order chi connectivity index (χ1) is 10.3. The van der Waals surface area contributed by atoms with Crippen molar-refractivity contribution in [2.45, 2.75) is 26.3 Å². The van der Waals surface area contributed by atoms with Gasteiger partial charge in [-0.1, -0.05) is 11.6 Å². The minimum absolute atomic E-state index is 0.0127. The number of aryl methyl sites for hydroxylation is 1. The van der Waals surface area contributed by atoms with E-state index in [0.717, 1.165) is 5.56 Å². The first kappa shape index (κ1) is 17.1. The zero-order valence-corrected chi connectivity index (χ0v) is 14.3. The Balaban J connectivity index is 1.98. The van der Waals surface area contributed by atoms with Gasteiger partial charge in [-0.2, -0.15) is 0 Å². The van der Waals surface area contributed by atoms with E-state index >= 15 is 0 Å². The van der Waals surface area contributed by atoms with Gasteiger partial charge in [0.25, 0.3) is 5.91 Å². The summed E-state index contributed by atoms with van der Waals surface area (Å²) in [5, 5.41) is 0.644. The maximum atomic E-state index is 12.3. The minimum Gasteiger partial charge on any atom is -0.484 e. The molecule has 122 valence electrons. The number of ether oxygens (including phenoxy) is 1. The maximum Gasteiger partial charge on any atom is 0.260 e. The average Bonchev–Trinajstić information content (AvgIpc) is 2.57. The molecule has 0 spiro atoms. The SMILES string of the molecule is Cc1cc(OCC(=O)N2CCCS(=O)(=O)CC2C)ccc1Cl. The Labute approximate surface area is 136 Å². The molecule has 0 aliphatic carbocycles. The molecule has 0 bridgehead atoms. The Morgan fingerprint density at radius 3 is 2.86 bits per heavy atom. The number of benzene rings is 1. The Morgan fingerprint density at radius 1 is 1.45 bits per heavy atom. The third-order valence-corrected chi connectivity index (χ3v) is 6.02. The number of rotatable bonds is 3. The molecule has 1 unspecified atom stereocenters. The van der Waals surface area contributed by atoms with Gasteiger partial charge in [-0.15, -0.1) is 0 Å². The molecule has 2 rings (SSSR count). The Hall–Kier alpha value is -1.27. The van der Waals surface area contributed by atoms with Gasteiger partial charge in [-0.25, -0.2) is 8.42 Å². The molecule has 1 heterocycles. The van der Waals surface area contributed by atoms with E-state index in [1.54, 1.807) is 30.0 Å². The van der Waals surface area contributed by atoms with Crippen LogP contribution in [0.15, 0.2) is 18.2 Å². The van der Waals surface area contributed by atoms with Gasteiger partial charge in [0, 0.05) is 17.6 Å². The van der Waals surface area contributed by atoms with E-state index in [0.29, 0.717) is 23.7 Å². The van der Waals surface area contributed by atoms with Crippen molar-refractivity contribution < 1.29 is 17.9 Å². The maximum absolute atomic E-state index is 12.3. The van der Waals surface area contributed by atoms with E-state index in [-0.39, 0.29) is 30.1 Å². The van der Waals surface area contributed by atoms with Gasteiger partial charge in [0.15, 0.2) is 16.4 Å². The molecule has 1 aromatic carbocycles. The number of carbonyl (C=O) groups excluding carboxylic acids is 1. The zero-order valence-electron chi connectivity index (χ0n) is 12.7. The van der Waals surface area contributed by atoms with Gasteiger partial charge in [0.05, 0.1) is 11.5 Å². The highest BCUT2D eigenvalue weighted by Gasteiger charge is 2.28. The Morgan fingerprint density at radius 2 is 2.18 bits per heavy atom. The van der Waals surface area contributed by atoms with Crippen molar-refractivity contribution in [3.63, 3.8) is 0 Å². The summed E-state index contributed by atoms with van der Waals surface area (Å²) < 4.78 is 28.9. The quantitative estimate of drug-likeness (QED) is 0.841. The molecular formula is C15H20ClNO4S. The summed E-state index contributed by atoms with van der Waals surface area (Å²) in [7, 11) is -3.06. The van der Waals surface area contributed by atoms with Crippen LogP contribution in [0.2, 0.25) is 5.02 Å². The molecule has 0 aromatic heterocycles. The van der Waals surface area contributed by atoms with Crippen LogP contribution in [-0.2, 0) is 14.6 Å². The lowest BCUT2D eigenvalue weighted by Crippen LogP contribution is -2.43. The van der Waals surface area contributed by atoms with Crippen LogP contribution in [0.3, 0.4) is 0 Å². The summed E-state index contributed by atoms with van der Waals surface area (Å²) >= 11 is 5.94. The molecule has 7 heteroatoms. The van der Waals surface area contributed by atoms with E-state index in [9.17, 15) is 13.2 Å². The van der Waals surface area contributed by atoms with Crippen molar-refractivity contribution in [1.82, 2.24) is 4.90 Å². The molecule has 1 fully saturated rings. The fourth-order valence-corrected chi connectivity index (χ4v) is 4.29. The number of nitrogens with zero attached hydrogens (tertiary/aromatic N) is 1. The van der Waals surface area contributed by atoms with Crippen LogP contribution in [0.5, 0.6) is 5.75 Å². The van der Waals surface area contributed by atoms with Crippen LogP contribution in [-0.4, -0.2) is 49.9 Å². The largest absolute Gasteiger partial charge is 0.484 e. The molecule has 1 aliphatic heterocycles. The predicted octanol–water partition coefficient (Wildman–Crippen LogP) is 2.06. The lowest BCUT2D eigenvalue weighted by Gasteiger charge is -2.26. The molecule has 5 nitrogen and oxygen atoms in total. The van der Waals surface area contributed by atoms with Crippen molar-refractivity contribution in [1.29, 1.82) is 0 Å². The van der Waals surface area contributed by atoms with Gasteiger partial charge >= 0.3 is 0 Å². The zero-order chi connectivity index (χ0) is 16.3. The summed E-state index contributed by atoms with van der Waals surface area (Å²) in [5.41, 5.74) is 0.876. The first-order valence-corrected chi connectivity index (χ1v) is 9.37. The van der Waals surface area contributed by atoms with E-state index in [2.05, 4.69) is 0 Å². The number of carbonyl (C=O) groups is 1. The van der Waals surface area contributed by atoms with Crippen molar-refractivity contribution >= 4 is 27.3 Å². The van der Waals surface area contributed by atoms with E-state index in [1.807, 2.05) is 6.92 Å². The van der Waals surface area contributed by atoms with E-state index in [4.69, 9.17) is 16.3 Å². The standard InChI is InChI=1S/C15H20ClNO4S/c1-11-8-13(4-5-14(11)16)21-9-15(18)17-6-3-7-22(19,20)10-12(17)2/h4-5,8,12H,3,6-7,9-10H2,1-2H3. The third kappa shape index (κ3) is 4.36. The fraction of sp³-hybridized carbons (Fsp3) is 0.533. The first-order valence-electron chi connectivity index (χ1n) is 7.17. The van der Waals surface area contributed by atoms with Gasteiger partial charge in [-0.3, -0.25) is 4.79 Å².